The summed E-state index contributed by atoms with van der Waals surface area (Å²) in [6, 6.07) is 1.73. The average Bonchev–Trinajstić information content (AvgIpc) is 2.45. The summed E-state index contributed by atoms with van der Waals surface area (Å²) < 4.78 is 9.94. The second kappa shape index (κ2) is 8.35. The summed E-state index contributed by atoms with van der Waals surface area (Å²) in [5.41, 5.74) is 0.0519. The Morgan fingerprint density at radius 2 is 1.81 bits per heavy atom. The minimum absolute atomic E-state index is 0.0519. The van der Waals surface area contributed by atoms with Crippen LogP contribution in [0, 0.1) is 0 Å². The van der Waals surface area contributed by atoms with Gasteiger partial charge in [0, 0.05) is 10.7 Å². The van der Waals surface area contributed by atoms with Gasteiger partial charge in [0.25, 0.3) is 5.91 Å². The highest BCUT2D eigenvalue weighted by Crippen LogP contribution is 2.13. The van der Waals surface area contributed by atoms with E-state index < -0.39 is 23.9 Å². The fourth-order valence-corrected chi connectivity index (χ4v) is 1.85. The zero-order chi connectivity index (χ0) is 15.8. The lowest BCUT2D eigenvalue weighted by Gasteiger charge is -2.15. The molecule has 0 unspecified atom stereocenters. The van der Waals surface area contributed by atoms with E-state index in [9.17, 15) is 14.4 Å². The highest BCUT2D eigenvalue weighted by molar-refractivity contribution is 9.10. The van der Waals surface area contributed by atoms with E-state index >= 15 is 0 Å². The normalized spacial score (nSPS) is 10.1. The summed E-state index contributed by atoms with van der Waals surface area (Å²) in [5, 5.41) is 2.26. The second-order valence-corrected chi connectivity index (χ2v) is 4.60. The summed E-state index contributed by atoms with van der Waals surface area (Å²) in [6.07, 6.45) is 1.42. The number of amides is 1. The number of aromatic nitrogens is 1. The number of hydrogen-bond donors (Lipinski definition) is 1. The summed E-state index contributed by atoms with van der Waals surface area (Å²) in [5.74, 6) is -2.44. The van der Waals surface area contributed by atoms with Gasteiger partial charge in [0.05, 0.1) is 13.2 Å². The van der Waals surface area contributed by atoms with Crippen LogP contribution in [-0.4, -0.2) is 42.1 Å². The number of rotatable bonds is 6. The van der Waals surface area contributed by atoms with E-state index in [4.69, 9.17) is 9.47 Å². The second-order valence-electron chi connectivity index (χ2n) is 3.74. The number of esters is 2. The molecule has 21 heavy (non-hydrogen) atoms. The first-order valence-corrected chi connectivity index (χ1v) is 7.05. The van der Waals surface area contributed by atoms with Crippen LogP contribution in [-0.2, 0) is 19.1 Å². The average molecular weight is 359 g/mol. The Morgan fingerprint density at radius 3 is 2.29 bits per heavy atom. The van der Waals surface area contributed by atoms with Gasteiger partial charge in [0.2, 0.25) is 6.04 Å². The molecule has 1 aromatic rings. The van der Waals surface area contributed by atoms with Crippen LogP contribution in [0.15, 0.2) is 22.8 Å². The van der Waals surface area contributed by atoms with Gasteiger partial charge in [-0.15, -0.1) is 0 Å². The molecule has 0 aliphatic carbocycles. The van der Waals surface area contributed by atoms with Crippen LogP contribution < -0.4 is 5.32 Å². The molecule has 1 aromatic heterocycles. The minimum Gasteiger partial charge on any atom is -0.464 e. The molecule has 0 bridgehead atoms. The SMILES string of the molecule is CCOC(=O)C(NC(=O)c1ncccc1Br)C(=O)OCC. The van der Waals surface area contributed by atoms with E-state index in [0.29, 0.717) is 4.47 Å². The van der Waals surface area contributed by atoms with E-state index in [1.807, 2.05) is 0 Å². The Morgan fingerprint density at radius 1 is 1.24 bits per heavy atom. The molecule has 0 aromatic carbocycles. The summed E-state index contributed by atoms with van der Waals surface area (Å²) in [7, 11) is 0. The lowest BCUT2D eigenvalue weighted by Crippen LogP contribution is -2.48. The Balaban J connectivity index is 2.90. The van der Waals surface area contributed by atoms with E-state index in [1.165, 1.54) is 6.20 Å². The molecule has 7 nitrogen and oxygen atoms in total. The van der Waals surface area contributed by atoms with Gasteiger partial charge in [0.1, 0.15) is 5.69 Å². The molecule has 0 aliphatic rings. The van der Waals surface area contributed by atoms with Gasteiger partial charge in [-0.05, 0) is 41.9 Å². The number of hydrogen-bond acceptors (Lipinski definition) is 6. The minimum atomic E-state index is -1.52. The molecule has 0 radical (unpaired) electrons. The van der Waals surface area contributed by atoms with Gasteiger partial charge in [-0.25, -0.2) is 14.6 Å². The first-order valence-electron chi connectivity index (χ1n) is 6.25. The third-order valence-electron chi connectivity index (χ3n) is 2.29. The Kier molecular flexibility index (Phi) is 6.80. The Bertz CT molecular complexity index is 517. The van der Waals surface area contributed by atoms with Gasteiger partial charge in [0.15, 0.2) is 0 Å². The number of nitrogens with one attached hydrogen (secondary N) is 1. The Hall–Kier alpha value is -1.96. The maximum Gasteiger partial charge on any atom is 0.340 e. The highest BCUT2D eigenvalue weighted by Gasteiger charge is 2.32. The predicted molar refractivity (Wildman–Crippen MR) is 76.5 cm³/mol. The van der Waals surface area contributed by atoms with E-state index in [0.717, 1.165) is 0 Å². The predicted octanol–water partition coefficient (Wildman–Crippen LogP) is 1.07. The number of pyridine rings is 1. The molecule has 8 heteroatoms. The molecule has 0 aliphatic heterocycles. The van der Waals surface area contributed by atoms with Crippen LogP contribution in [0.4, 0.5) is 0 Å². The molecule has 1 rings (SSSR count). The first kappa shape index (κ1) is 17.1. The van der Waals surface area contributed by atoms with Crippen molar-refractivity contribution in [3.8, 4) is 0 Å². The van der Waals surface area contributed by atoms with Crippen molar-refractivity contribution in [3.05, 3.63) is 28.5 Å². The highest BCUT2D eigenvalue weighted by atomic mass is 79.9. The van der Waals surface area contributed by atoms with Crippen molar-refractivity contribution >= 4 is 33.8 Å². The lowest BCUT2D eigenvalue weighted by molar-refractivity contribution is -0.157. The molecular formula is C13H15BrN2O5. The largest absolute Gasteiger partial charge is 0.464 e. The molecule has 1 amide bonds. The van der Waals surface area contributed by atoms with Crippen molar-refractivity contribution in [2.75, 3.05) is 13.2 Å². The first-order chi connectivity index (χ1) is 10.0. The van der Waals surface area contributed by atoms with Crippen LogP contribution >= 0.6 is 15.9 Å². The van der Waals surface area contributed by atoms with E-state index in [2.05, 4.69) is 26.2 Å². The zero-order valence-corrected chi connectivity index (χ0v) is 13.2. The lowest BCUT2D eigenvalue weighted by atomic mass is 10.2. The maximum absolute atomic E-state index is 12.1. The summed E-state index contributed by atoms with van der Waals surface area (Å²) in [6.45, 7) is 3.35. The molecule has 0 saturated carbocycles. The van der Waals surface area contributed by atoms with Crippen LogP contribution in [0.1, 0.15) is 24.3 Å². The van der Waals surface area contributed by atoms with Crippen molar-refractivity contribution in [1.82, 2.24) is 10.3 Å². The fraction of sp³-hybridized carbons (Fsp3) is 0.385. The quantitative estimate of drug-likeness (QED) is 0.603. The standard InChI is InChI=1S/C13H15BrN2O5/c1-3-20-12(18)10(13(19)21-4-2)16-11(17)9-8(14)6-5-7-15-9/h5-7,10H,3-4H2,1-2H3,(H,16,17). The van der Waals surface area contributed by atoms with Crippen molar-refractivity contribution in [1.29, 1.82) is 0 Å². The Labute approximate surface area is 130 Å². The van der Waals surface area contributed by atoms with Crippen LogP contribution in [0.25, 0.3) is 0 Å². The molecule has 0 fully saturated rings. The topological polar surface area (TPSA) is 94.6 Å². The third kappa shape index (κ3) is 4.82. The fourth-order valence-electron chi connectivity index (χ4n) is 1.42. The molecule has 1 N–H and O–H groups in total. The monoisotopic (exact) mass is 358 g/mol. The van der Waals surface area contributed by atoms with Crippen molar-refractivity contribution in [2.45, 2.75) is 19.9 Å². The van der Waals surface area contributed by atoms with Gasteiger partial charge in [-0.1, -0.05) is 0 Å². The maximum atomic E-state index is 12.1. The molecule has 0 saturated heterocycles. The van der Waals surface area contributed by atoms with Gasteiger partial charge in [-0.2, -0.15) is 0 Å². The van der Waals surface area contributed by atoms with Crippen LogP contribution in [0.5, 0.6) is 0 Å². The summed E-state index contributed by atoms with van der Waals surface area (Å²) in [4.78, 5) is 39.4. The number of carbonyl (C=O) groups excluding carboxylic acids is 3. The molecule has 114 valence electrons. The number of halogens is 1. The molecule has 0 spiro atoms. The van der Waals surface area contributed by atoms with Crippen molar-refractivity contribution in [3.63, 3.8) is 0 Å². The van der Waals surface area contributed by atoms with Gasteiger partial charge < -0.3 is 14.8 Å². The van der Waals surface area contributed by atoms with Crippen LogP contribution in [0.2, 0.25) is 0 Å². The summed E-state index contributed by atoms with van der Waals surface area (Å²) >= 11 is 3.17. The zero-order valence-electron chi connectivity index (χ0n) is 11.6. The molecule has 1 heterocycles. The van der Waals surface area contributed by atoms with Gasteiger partial charge in [-0.3, -0.25) is 4.79 Å². The number of ether oxygens (including phenoxy) is 2. The van der Waals surface area contributed by atoms with Crippen molar-refractivity contribution in [2.24, 2.45) is 0 Å². The van der Waals surface area contributed by atoms with Crippen LogP contribution in [0.3, 0.4) is 0 Å². The smallest absolute Gasteiger partial charge is 0.340 e. The number of nitrogens with zero attached hydrogens (tertiary/aromatic N) is 1. The van der Waals surface area contributed by atoms with Crippen molar-refractivity contribution < 1.29 is 23.9 Å². The number of carbonyl (C=O) groups is 3. The van der Waals surface area contributed by atoms with E-state index in [-0.39, 0.29) is 18.9 Å². The van der Waals surface area contributed by atoms with E-state index in [1.54, 1.807) is 26.0 Å². The molecule has 0 atom stereocenters. The third-order valence-corrected chi connectivity index (χ3v) is 2.93. The van der Waals surface area contributed by atoms with Gasteiger partial charge >= 0.3 is 11.9 Å². The molecular weight excluding hydrogens is 344 g/mol.